The fourth-order valence-corrected chi connectivity index (χ4v) is 4.09. The number of hydrogen-bond donors (Lipinski definition) is 0. The van der Waals surface area contributed by atoms with Gasteiger partial charge in [0.05, 0.1) is 17.9 Å². The van der Waals surface area contributed by atoms with E-state index in [-0.39, 0.29) is 17.1 Å². The van der Waals surface area contributed by atoms with Crippen molar-refractivity contribution in [2.45, 2.75) is 37.9 Å². The molecule has 6 nitrogen and oxygen atoms in total. The Morgan fingerprint density at radius 1 is 1.33 bits per heavy atom. The van der Waals surface area contributed by atoms with Gasteiger partial charge in [0, 0.05) is 26.3 Å². The monoisotopic (exact) mass is 273 g/mol. The molecule has 0 spiro atoms. The van der Waals surface area contributed by atoms with Crippen LogP contribution in [-0.4, -0.2) is 47.8 Å². The molecule has 0 saturated carbocycles. The molecule has 7 heteroatoms. The Morgan fingerprint density at radius 2 is 1.89 bits per heavy atom. The van der Waals surface area contributed by atoms with Gasteiger partial charge in [0.25, 0.3) is 0 Å². The lowest BCUT2D eigenvalue weighted by Crippen LogP contribution is -2.48. The summed E-state index contributed by atoms with van der Waals surface area (Å²) in [6, 6.07) is 0. The average molecular weight is 273 g/mol. The van der Waals surface area contributed by atoms with Crippen LogP contribution in [0.25, 0.3) is 0 Å². The molecule has 1 aromatic heterocycles. The van der Waals surface area contributed by atoms with Gasteiger partial charge in [0.15, 0.2) is 0 Å². The molecule has 0 amide bonds. The summed E-state index contributed by atoms with van der Waals surface area (Å²) in [6.07, 6.45) is 1.39. The van der Waals surface area contributed by atoms with Crippen molar-refractivity contribution in [3.8, 4) is 0 Å². The number of nitrogens with zero attached hydrogens (tertiary/aromatic N) is 3. The predicted molar refractivity (Wildman–Crippen MR) is 66.7 cm³/mol. The summed E-state index contributed by atoms with van der Waals surface area (Å²) < 4.78 is 33.6. The second-order valence-electron chi connectivity index (χ2n) is 4.83. The largest absolute Gasteiger partial charge is 0.373 e. The summed E-state index contributed by atoms with van der Waals surface area (Å²) in [7, 11) is -1.75. The van der Waals surface area contributed by atoms with Crippen molar-refractivity contribution in [3.05, 3.63) is 11.9 Å². The zero-order chi connectivity index (χ0) is 13.5. The van der Waals surface area contributed by atoms with E-state index >= 15 is 0 Å². The lowest BCUT2D eigenvalue weighted by molar-refractivity contribution is -0.0440. The molecule has 0 N–H and O–H groups in total. The summed E-state index contributed by atoms with van der Waals surface area (Å²) >= 11 is 0. The Labute approximate surface area is 108 Å². The maximum Gasteiger partial charge on any atom is 0.246 e. The molecule has 0 aromatic carbocycles. The molecule has 2 heterocycles. The summed E-state index contributed by atoms with van der Waals surface area (Å²) in [4.78, 5) is 0.284. The molecule has 0 bridgehead atoms. The van der Waals surface area contributed by atoms with Gasteiger partial charge in [-0.25, -0.2) is 8.42 Å². The number of hydrogen-bond acceptors (Lipinski definition) is 4. The lowest BCUT2D eigenvalue weighted by atomic mass is 10.3. The van der Waals surface area contributed by atoms with E-state index in [1.807, 2.05) is 13.8 Å². The Balaban J connectivity index is 2.34. The summed E-state index contributed by atoms with van der Waals surface area (Å²) in [5.41, 5.74) is 0.532. The van der Waals surface area contributed by atoms with Gasteiger partial charge >= 0.3 is 0 Å². The van der Waals surface area contributed by atoms with Crippen molar-refractivity contribution in [2.75, 3.05) is 13.1 Å². The standard InChI is InChI=1S/C11H19N3O3S/c1-8-5-14(6-9(2)17-8)18(15,16)11-7-13(4)12-10(11)3/h7-9H,5-6H2,1-4H3. The first-order valence-electron chi connectivity index (χ1n) is 5.96. The van der Waals surface area contributed by atoms with Crippen LogP contribution in [0.3, 0.4) is 0 Å². The summed E-state index contributed by atoms with van der Waals surface area (Å²) in [5.74, 6) is 0. The summed E-state index contributed by atoms with van der Waals surface area (Å²) in [5, 5.41) is 4.09. The molecule has 2 unspecified atom stereocenters. The number of aryl methyl sites for hydroxylation is 2. The number of rotatable bonds is 2. The average Bonchev–Trinajstić information content (AvgIpc) is 2.57. The quantitative estimate of drug-likeness (QED) is 0.788. The van der Waals surface area contributed by atoms with E-state index in [2.05, 4.69) is 5.10 Å². The van der Waals surface area contributed by atoms with Crippen LogP contribution < -0.4 is 0 Å². The van der Waals surface area contributed by atoms with Gasteiger partial charge in [-0.1, -0.05) is 0 Å². The molecule has 0 aliphatic carbocycles. The fraction of sp³-hybridized carbons (Fsp3) is 0.727. The smallest absolute Gasteiger partial charge is 0.246 e. The van der Waals surface area contributed by atoms with Crippen LogP contribution >= 0.6 is 0 Å². The Bertz CT molecular complexity index is 528. The van der Waals surface area contributed by atoms with E-state index in [1.54, 1.807) is 20.2 Å². The van der Waals surface area contributed by atoms with Crippen molar-refractivity contribution in [1.29, 1.82) is 0 Å². The SMILES string of the molecule is Cc1nn(C)cc1S(=O)(=O)N1CC(C)OC(C)C1. The highest BCUT2D eigenvalue weighted by atomic mass is 32.2. The van der Waals surface area contributed by atoms with E-state index in [4.69, 9.17) is 4.74 Å². The first-order valence-corrected chi connectivity index (χ1v) is 7.40. The van der Waals surface area contributed by atoms with Crippen LogP contribution in [0, 0.1) is 6.92 Å². The molecule has 102 valence electrons. The molecule has 0 radical (unpaired) electrons. The second-order valence-corrected chi connectivity index (χ2v) is 6.74. The van der Waals surface area contributed by atoms with Crippen molar-refractivity contribution < 1.29 is 13.2 Å². The maximum absolute atomic E-state index is 12.5. The van der Waals surface area contributed by atoms with Crippen molar-refractivity contribution in [2.24, 2.45) is 7.05 Å². The number of ether oxygens (including phenoxy) is 1. The molecule has 2 atom stereocenters. The van der Waals surface area contributed by atoms with Crippen molar-refractivity contribution in [1.82, 2.24) is 14.1 Å². The summed E-state index contributed by atoms with van der Waals surface area (Å²) in [6.45, 7) is 6.25. The molecule has 1 aliphatic heterocycles. The first-order chi connectivity index (χ1) is 8.30. The van der Waals surface area contributed by atoms with Gasteiger partial charge < -0.3 is 4.74 Å². The minimum atomic E-state index is -3.47. The van der Waals surface area contributed by atoms with E-state index in [0.29, 0.717) is 18.8 Å². The first kappa shape index (κ1) is 13.5. The van der Waals surface area contributed by atoms with Crippen molar-refractivity contribution in [3.63, 3.8) is 0 Å². The normalized spacial score (nSPS) is 26.4. The van der Waals surface area contributed by atoms with E-state index < -0.39 is 10.0 Å². The molecule has 1 saturated heterocycles. The number of aromatic nitrogens is 2. The third kappa shape index (κ3) is 2.43. The van der Waals surface area contributed by atoms with Crippen LogP contribution in [0.15, 0.2) is 11.1 Å². The Morgan fingerprint density at radius 3 is 2.33 bits per heavy atom. The van der Waals surface area contributed by atoms with Gasteiger partial charge in [-0.2, -0.15) is 9.40 Å². The minimum Gasteiger partial charge on any atom is -0.373 e. The molecule has 1 aliphatic rings. The minimum absolute atomic E-state index is 0.0829. The van der Waals surface area contributed by atoms with Gasteiger partial charge in [0.1, 0.15) is 4.90 Å². The molecule has 1 fully saturated rings. The number of sulfonamides is 1. The maximum atomic E-state index is 12.5. The molecule has 2 rings (SSSR count). The third-order valence-electron chi connectivity index (χ3n) is 2.97. The highest BCUT2D eigenvalue weighted by molar-refractivity contribution is 7.89. The second kappa shape index (κ2) is 4.64. The molecular formula is C11H19N3O3S. The van der Waals surface area contributed by atoms with Crippen LogP contribution in [0.5, 0.6) is 0 Å². The van der Waals surface area contributed by atoms with Gasteiger partial charge in [-0.15, -0.1) is 0 Å². The zero-order valence-corrected chi connectivity index (χ0v) is 11.9. The highest BCUT2D eigenvalue weighted by Gasteiger charge is 2.33. The van der Waals surface area contributed by atoms with E-state index in [1.165, 1.54) is 8.99 Å². The Kier molecular flexibility index (Phi) is 3.48. The van der Waals surface area contributed by atoms with Crippen LogP contribution in [0.1, 0.15) is 19.5 Å². The van der Waals surface area contributed by atoms with Crippen LogP contribution in [0.4, 0.5) is 0 Å². The van der Waals surface area contributed by atoms with E-state index in [9.17, 15) is 8.42 Å². The zero-order valence-electron chi connectivity index (χ0n) is 11.1. The molecule has 18 heavy (non-hydrogen) atoms. The fourth-order valence-electron chi connectivity index (χ4n) is 2.30. The lowest BCUT2D eigenvalue weighted by Gasteiger charge is -2.34. The van der Waals surface area contributed by atoms with E-state index in [0.717, 1.165) is 0 Å². The topological polar surface area (TPSA) is 64.4 Å². The third-order valence-corrected chi connectivity index (χ3v) is 4.91. The van der Waals surface area contributed by atoms with Gasteiger partial charge in [-0.3, -0.25) is 4.68 Å². The number of morpholine rings is 1. The predicted octanol–water partition coefficient (Wildman–Crippen LogP) is 0.526. The van der Waals surface area contributed by atoms with Crippen LogP contribution in [0.2, 0.25) is 0 Å². The Hall–Kier alpha value is -0.920. The van der Waals surface area contributed by atoms with Gasteiger partial charge in [0.2, 0.25) is 10.0 Å². The van der Waals surface area contributed by atoms with Gasteiger partial charge in [-0.05, 0) is 20.8 Å². The van der Waals surface area contributed by atoms with Crippen LogP contribution in [-0.2, 0) is 21.8 Å². The molecule has 1 aromatic rings. The molecular weight excluding hydrogens is 254 g/mol. The van der Waals surface area contributed by atoms with Crippen molar-refractivity contribution >= 4 is 10.0 Å². The highest BCUT2D eigenvalue weighted by Crippen LogP contribution is 2.22.